The van der Waals surface area contributed by atoms with Gasteiger partial charge in [0.1, 0.15) is 6.73 Å². The number of Topliss-reactive ketones (excluding diaryl/α,β-unsaturated/α-hetero) is 1. The molecule has 102 valence electrons. The molecule has 0 saturated heterocycles. The second-order valence-corrected chi connectivity index (χ2v) is 4.26. The summed E-state index contributed by atoms with van der Waals surface area (Å²) in [6.45, 7) is 2.93. The van der Waals surface area contributed by atoms with Crippen molar-refractivity contribution in [2.45, 2.75) is 13.8 Å². The zero-order valence-electron chi connectivity index (χ0n) is 10.8. The third kappa shape index (κ3) is 3.62. The molecule has 19 heavy (non-hydrogen) atoms. The average molecular weight is 283 g/mol. The van der Waals surface area contributed by atoms with Crippen LogP contribution in [0.25, 0.3) is 5.70 Å². The van der Waals surface area contributed by atoms with E-state index in [-0.39, 0.29) is 0 Å². The molecule has 0 radical (unpaired) electrons. The van der Waals surface area contributed by atoms with Crippen molar-refractivity contribution in [3.8, 4) is 0 Å². The maximum absolute atomic E-state index is 11.9. The van der Waals surface area contributed by atoms with Crippen LogP contribution in [0.3, 0.4) is 0 Å². The predicted molar refractivity (Wildman–Crippen MR) is 72.2 cm³/mol. The van der Waals surface area contributed by atoms with Crippen molar-refractivity contribution in [1.82, 2.24) is 9.88 Å². The monoisotopic (exact) mass is 282 g/mol. The molecule has 1 N–H and O–H groups in total. The molecule has 1 amide bonds. The second kappa shape index (κ2) is 7.01. The molecule has 0 aliphatic carbocycles. The summed E-state index contributed by atoms with van der Waals surface area (Å²) in [6.07, 6.45) is 1.57. The van der Waals surface area contributed by atoms with Crippen molar-refractivity contribution in [3.05, 3.63) is 35.7 Å². The smallest absolute Gasteiger partial charge is 0.297 e. The fourth-order valence-corrected chi connectivity index (χ4v) is 1.73. The first-order chi connectivity index (χ1) is 9.02. The Balaban J connectivity index is 3.23. The fourth-order valence-electron chi connectivity index (χ4n) is 1.61. The van der Waals surface area contributed by atoms with Crippen LogP contribution < -0.4 is 0 Å². The summed E-state index contributed by atoms with van der Waals surface area (Å²) < 4.78 is 0. The Bertz CT molecular complexity index is 496. The molecule has 0 fully saturated rings. The quantitative estimate of drug-likeness (QED) is 0.504. The predicted octanol–water partition coefficient (Wildman–Crippen LogP) is 1.42. The standard InChI is InChI=1S/C13H15ClN2O3/c1-9(2)12(10-5-3-4-6-15-10)16(8-17)13(19)11(18)7-14/h3-6,17H,7-8H2,1-2H3. The fraction of sp³-hybridized carbons (Fsp3) is 0.308. The molecule has 0 saturated carbocycles. The van der Waals surface area contributed by atoms with Crippen molar-refractivity contribution >= 4 is 29.0 Å². The van der Waals surface area contributed by atoms with E-state index in [2.05, 4.69) is 4.98 Å². The van der Waals surface area contributed by atoms with Crippen LogP contribution in [0.2, 0.25) is 0 Å². The van der Waals surface area contributed by atoms with Crippen molar-refractivity contribution in [2.24, 2.45) is 0 Å². The lowest BCUT2D eigenvalue weighted by Gasteiger charge is -2.23. The number of aliphatic hydroxyl groups is 1. The summed E-state index contributed by atoms with van der Waals surface area (Å²) in [6, 6.07) is 5.19. The number of halogens is 1. The van der Waals surface area contributed by atoms with E-state index in [9.17, 15) is 14.7 Å². The minimum atomic E-state index is -0.848. The zero-order chi connectivity index (χ0) is 14.4. The molecule has 1 rings (SSSR count). The lowest BCUT2D eigenvalue weighted by molar-refractivity contribution is -0.143. The van der Waals surface area contributed by atoms with Gasteiger partial charge < -0.3 is 5.11 Å². The highest BCUT2D eigenvalue weighted by molar-refractivity contribution is 6.47. The topological polar surface area (TPSA) is 70.5 Å². The number of aromatic nitrogens is 1. The molecule has 0 spiro atoms. The van der Waals surface area contributed by atoms with Crippen LogP contribution >= 0.6 is 11.6 Å². The first-order valence-electron chi connectivity index (χ1n) is 5.63. The third-order valence-electron chi connectivity index (χ3n) is 2.40. The van der Waals surface area contributed by atoms with E-state index in [1.54, 1.807) is 38.2 Å². The zero-order valence-corrected chi connectivity index (χ0v) is 11.5. The molecule has 0 unspecified atom stereocenters. The van der Waals surface area contributed by atoms with Crippen molar-refractivity contribution in [3.63, 3.8) is 0 Å². The van der Waals surface area contributed by atoms with Gasteiger partial charge in [-0.05, 0) is 26.0 Å². The molecule has 1 aromatic rings. The van der Waals surface area contributed by atoms with Crippen LogP contribution in [0.5, 0.6) is 0 Å². The lowest BCUT2D eigenvalue weighted by atomic mass is 10.1. The van der Waals surface area contributed by atoms with E-state index in [0.717, 1.165) is 10.5 Å². The highest BCUT2D eigenvalue weighted by Crippen LogP contribution is 2.21. The minimum absolute atomic E-state index is 0.409. The van der Waals surface area contributed by atoms with Crippen LogP contribution in [-0.2, 0) is 9.59 Å². The number of allylic oxidation sites excluding steroid dienone is 1. The Kier molecular flexibility index (Phi) is 5.66. The van der Waals surface area contributed by atoms with Crippen molar-refractivity contribution < 1.29 is 14.7 Å². The molecule has 5 nitrogen and oxygen atoms in total. The number of hydrogen-bond donors (Lipinski definition) is 1. The van der Waals surface area contributed by atoms with Gasteiger partial charge in [-0.25, -0.2) is 0 Å². The van der Waals surface area contributed by atoms with Gasteiger partial charge in [0, 0.05) is 6.20 Å². The number of rotatable bonds is 5. The Hall–Kier alpha value is -1.72. The van der Waals surface area contributed by atoms with Gasteiger partial charge in [0.25, 0.3) is 5.91 Å². The first-order valence-corrected chi connectivity index (χ1v) is 6.16. The van der Waals surface area contributed by atoms with E-state index in [0.29, 0.717) is 11.4 Å². The number of pyridine rings is 1. The third-order valence-corrected chi connectivity index (χ3v) is 2.64. The number of alkyl halides is 1. The van der Waals surface area contributed by atoms with Gasteiger partial charge in [0.15, 0.2) is 0 Å². The molecule has 1 heterocycles. The molecule has 0 aliphatic rings. The maximum atomic E-state index is 11.9. The van der Waals surface area contributed by atoms with Crippen LogP contribution in [-0.4, -0.2) is 39.3 Å². The van der Waals surface area contributed by atoms with Gasteiger partial charge >= 0.3 is 0 Å². The lowest BCUT2D eigenvalue weighted by Crippen LogP contribution is -2.37. The molecule has 0 bridgehead atoms. The van der Waals surface area contributed by atoms with Gasteiger partial charge in [0.2, 0.25) is 5.78 Å². The van der Waals surface area contributed by atoms with E-state index in [4.69, 9.17) is 11.6 Å². The molecule has 0 aliphatic heterocycles. The number of carbonyl (C=O) groups excluding carboxylic acids is 2. The van der Waals surface area contributed by atoms with Gasteiger partial charge in [-0.15, -0.1) is 11.6 Å². The van der Waals surface area contributed by atoms with Crippen LogP contribution in [0.1, 0.15) is 19.5 Å². The van der Waals surface area contributed by atoms with E-state index in [1.807, 2.05) is 0 Å². The van der Waals surface area contributed by atoms with Crippen molar-refractivity contribution in [2.75, 3.05) is 12.6 Å². The second-order valence-electron chi connectivity index (χ2n) is 3.99. The molecule has 0 aromatic carbocycles. The SMILES string of the molecule is CC(C)=C(c1ccccn1)N(CO)C(=O)C(=O)CCl. The van der Waals surface area contributed by atoms with Crippen molar-refractivity contribution in [1.29, 1.82) is 0 Å². The van der Waals surface area contributed by atoms with Gasteiger partial charge in [-0.1, -0.05) is 11.6 Å². The number of hydrogen-bond acceptors (Lipinski definition) is 4. The molecular weight excluding hydrogens is 268 g/mol. The Morgan fingerprint density at radius 2 is 2.05 bits per heavy atom. The van der Waals surface area contributed by atoms with Crippen LogP contribution in [0, 0.1) is 0 Å². The maximum Gasteiger partial charge on any atom is 0.297 e. The molecular formula is C13H15ClN2O3. The Morgan fingerprint density at radius 1 is 1.37 bits per heavy atom. The summed E-state index contributed by atoms with van der Waals surface area (Å²) in [5.74, 6) is -2.04. The normalized spacial score (nSPS) is 9.89. The van der Waals surface area contributed by atoms with Crippen LogP contribution in [0.4, 0.5) is 0 Å². The van der Waals surface area contributed by atoms with E-state index in [1.165, 1.54) is 0 Å². The summed E-state index contributed by atoms with van der Waals surface area (Å²) in [7, 11) is 0. The van der Waals surface area contributed by atoms with Crippen LogP contribution in [0.15, 0.2) is 30.0 Å². The average Bonchev–Trinajstić information content (AvgIpc) is 2.43. The van der Waals surface area contributed by atoms with E-state index < -0.39 is 24.3 Å². The Morgan fingerprint density at radius 3 is 2.47 bits per heavy atom. The largest absolute Gasteiger partial charge is 0.376 e. The molecule has 1 aromatic heterocycles. The first kappa shape index (κ1) is 15.3. The summed E-state index contributed by atoms with van der Waals surface area (Å²) in [5.41, 5.74) is 1.67. The molecule has 6 heteroatoms. The number of aliphatic hydroxyl groups excluding tert-OH is 1. The van der Waals surface area contributed by atoms with Gasteiger partial charge in [-0.3, -0.25) is 19.5 Å². The number of ketones is 1. The number of amides is 1. The highest BCUT2D eigenvalue weighted by Gasteiger charge is 2.25. The Labute approximate surface area is 116 Å². The molecule has 0 atom stereocenters. The summed E-state index contributed by atoms with van der Waals surface area (Å²) in [5, 5.41) is 9.37. The minimum Gasteiger partial charge on any atom is -0.376 e. The summed E-state index contributed by atoms with van der Waals surface area (Å²) >= 11 is 5.37. The van der Waals surface area contributed by atoms with Gasteiger partial charge in [-0.2, -0.15) is 0 Å². The number of carbonyl (C=O) groups is 2. The highest BCUT2D eigenvalue weighted by atomic mass is 35.5. The van der Waals surface area contributed by atoms with E-state index >= 15 is 0 Å². The number of nitrogens with zero attached hydrogens (tertiary/aromatic N) is 2. The summed E-state index contributed by atoms with van der Waals surface area (Å²) in [4.78, 5) is 28.4. The van der Waals surface area contributed by atoms with Gasteiger partial charge in [0.05, 0.1) is 17.3 Å².